The van der Waals surface area contributed by atoms with Crippen molar-refractivity contribution in [1.82, 2.24) is 0 Å². The van der Waals surface area contributed by atoms with Gasteiger partial charge < -0.3 is 0 Å². The minimum absolute atomic E-state index is 1.21. The Labute approximate surface area is 141 Å². The molecule has 130 valence electrons. The topological polar surface area (TPSA) is 0 Å². The zero-order valence-corrected chi connectivity index (χ0v) is 15.9. The Balaban J connectivity index is 3.96. The van der Waals surface area contributed by atoms with Crippen LogP contribution in [0.2, 0.25) is 0 Å². The van der Waals surface area contributed by atoms with E-state index in [0.717, 1.165) is 0 Å². The van der Waals surface area contributed by atoms with Crippen LogP contribution >= 0.6 is 0 Å². The van der Waals surface area contributed by atoms with Crippen molar-refractivity contribution in [1.29, 1.82) is 0 Å². The van der Waals surface area contributed by atoms with Crippen molar-refractivity contribution in [3.63, 3.8) is 0 Å². The van der Waals surface area contributed by atoms with Gasteiger partial charge in [-0.15, -0.1) is 0 Å². The minimum atomic E-state index is 1.21. The predicted octanol–water partition coefficient (Wildman–Crippen LogP) is 8.38. The molecule has 0 aromatic rings. The van der Waals surface area contributed by atoms with Gasteiger partial charge in [0.05, 0.1) is 0 Å². The summed E-state index contributed by atoms with van der Waals surface area (Å²) < 4.78 is 0. The van der Waals surface area contributed by atoms with Crippen LogP contribution in [0.3, 0.4) is 0 Å². The third kappa shape index (κ3) is 14.4. The van der Waals surface area contributed by atoms with Gasteiger partial charge in [0.15, 0.2) is 0 Å². The SMILES string of the molecule is C=C(CCC=C(CCCCC)CCCCC)CCCCCC. The first-order valence-electron chi connectivity index (χ1n) is 10.1. The quantitative estimate of drug-likeness (QED) is 0.198. The van der Waals surface area contributed by atoms with Gasteiger partial charge in [0.25, 0.3) is 0 Å². The number of hydrogen-bond donors (Lipinski definition) is 0. The van der Waals surface area contributed by atoms with E-state index in [1.165, 1.54) is 102 Å². The maximum Gasteiger partial charge on any atom is -0.0288 e. The standard InChI is InChI=1S/C22H42/c1-5-8-11-14-16-21(4)17-15-20-22(18-12-9-6-2)19-13-10-7-3/h20H,4-19H2,1-3H3. The molecule has 0 aliphatic rings. The molecule has 0 heterocycles. The Morgan fingerprint density at radius 1 is 0.636 bits per heavy atom. The Hall–Kier alpha value is -0.520. The van der Waals surface area contributed by atoms with Gasteiger partial charge in [-0.3, -0.25) is 0 Å². The van der Waals surface area contributed by atoms with Crippen molar-refractivity contribution in [2.45, 2.75) is 117 Å². The molecule has 0 nitrogen and oxygen atoms in total. The van der Waals surface area contributed by atoms with Crippen LogP contribution in [0.4, 0.5) is 0 Å². The Bertz CT molecular complexity index is 260. The van der Waals surface area contributed by atoms with E-state index in [0.29, 0.717) is 0 Å². The summed E-state index contributed by atoms with van der Waals surface area (Å²) in [6, 6.07) is 0. The normalized spacial score (nSPS) is 10.7. The third-order valence-electron chi connectivity index (χ3n) is 4.52. The van der Waals surface area contributed by atoms with Gasteiger partial charge in [-0.1, -0.05) is 89.5 Å². The van der Waals surface area contributed by atoms with Crippen molar-refractivity contribution in [3.05, 3.63) is 23.8 Å². The molecule has 0 heteroatoms. The summed E-state index contributed by atoms with van der Waals surface area (Å²) in [7, 11) is 0. The lowest BCUT2D eigenvalue weighted by Gasteiger charge is -2.09. The molecule has 0 saturated carbocycles. The van der Waals surface area contributed by atoms with E-state index in [2.05, 4.69) is 33.4 Å². The maximum absolute atomic E-state index is 4.27. The Morgan fingerprint density at radius 3 is 1.68 bits per heavy atom. The van der Waals surface area contributed by atoms with Gasteiger partial charge in [-0.25, -0.2) is 0 Å². The average Bonchev–Trinajstić information content (AvgIpc) is 2.51. The number of unbranched alkanes of at least 4 members (excludes halogenated alkanes) is 7. The summed E-state index contributed by atoms with van der Waals surface area (Å²) in [5.41, 5.74) is 3.19. The molecular formula is C22H42. The lowest BCUT2D eigenvalue weighted by molar-refractivity contribution is 0.649. The zero-order chi connectivity index (χ0) is 16.5. The van der Waals surface area contributed by atoms with Gasteiger partial charge >= 0.3 is 0 Å². The van der Waals surface area contributed by atoms with Gasteiger partial charge in [0, 0.05) is 0 Å². The van der Waals surface area contributed by atoms with Crippen molar-refractivity contribution >= 4 is 0 Å². The molecule has 0 N–H and O–H groups in total. The van der Waals surface area contributed by atoms with Crippen LogP contribution < -0.4 is 0 Å². The molecule has 0 fully saturated rings. The van der Waals surface area contributed by atoms with Crippen LogP contribution in [0.1, 0.15) is 117 Å². The second-order valence-corrected chi connectivity index (χ2v) is 6.88. The van der Waals surface area contributed by atoms with Gasteiger partial charge in [0.2, 0.25) is 0 Å². The molecule has 0 saturated heterocycles. The Morgan fingerprint density at radius 2 is 1.14 bits per heavy atom. The smallest absolute Gasteiger partial charge is 0.0288 e. The molecule has 0 amide bonds. The molecule has 0 aliphatic carbocycles. The highest BCUT2D eigenvalue weighted by Gasteiger charge is 2.00. The first-order valence-corrected chi connectivity index (χ1v) is 10.1. The molecule has 0 atom stereocenters. The molecular weight excluding hydrogens is 264 g/mol. The van der Waals surface area contributed by atoms with E-state index in [9.17, 15) is 0 Å². The highest BCUT2D eigenvalue weighted by molar-refractivity contribution is 5.05. The molecule has 0 aromatic carbocycles. The second kappa shape index (κ2) is 16.8. The summed E-state index contributed by atoms with van der Waals surface area (Å²) in [5, 5.41) is 0. The molecule has 0 aliphatic heterocycles. The monoisotopic (exact) mass is 306 g/mol. The van der Waals surface area contributed by atoms with E-state index in [1.807, 2.05) is 0 Å². The third-order valence-corrected chi connectivity index (χ3v) is 4.52. The number of allylic oxidation sites excluding steroid dienone is 3. The fourth-order valence-corrected chi connectivity index (χ4v) is 2.94. The molecule has 0 radical (unpaired) electrons. The highest BCUT2D eigenvalue weighted by Crippen LogP contribution is 2.20. The van der Waals surface area contributed by atoms with Crippen molar-refractivity contribution in [2.75, 3.05) is 0 Å². The number of hydrogen-bond acceptors (Lipinski definition) is 0. The average molecular weight is 307 g/mol. The largest absolute Gasteiger partial charge is 0.0999 e. The van der Waals surface area contributed by atoms with Gasteiger partial charge in [-0.05, 0) is 51.4 Å². The van der Waals surface area contributed by atoms with Gasteiger partial charge in [-0.2, -0.15) is 0 Å². The van der Waals surface area contributed by atoms with E-state index >= 15 is 0 Å². The maximum atomic E-state index is 4.27. The fraction of sp³-hybridized carbons (Fsp3) is 0.818. The summed E-state index contributed by atoms with van der Waals surface area (Å²) in [6.07, 6.45) is 22.5. The van der Waals surface area contributed by atoms with Crippen LogP contribution in [-0.2, 0) is 0 Å². The lowest BCUT2D eigenvalue weighted by atomic mass is 9.98. The number of rotatable bonds is 16. The van der Waals surface area contributed by atoms with Crippen LogP contribution in [0.25, 0.3) is 0 Å². The van der Waals surface area contributed by atoms with Crippen LogP contribution in [0, 0.1) is 0 Å². The van der Waals surface area contributed by atoms with E-state index < -0.39 is 0 Å². The Kier molecular flexibility index (Phi) is 16.4. The molecule has 0 spiro atoms. The molecule has 0 aromatic heterocycles. The van der Waals surface area contributed by atoms with Crippen molar-refractivity contribution in [3.8, 4) is 0 Å². The fourth-order valence-electron chi connectivity index (χ4n) is 2.94. The summed E-state index contributed by atoms with van der Waals surface area (Å²) in [4.78, 5) is 0. The molecule has 0 unspecified atom stereocenters. The minimum Gasteiger partial charge on any atom is -0.0999 e. The van der Waals surface area contributed by atoms with Crippen LogP contribution in [-0.4, -0.2) is 0 Å². The summed E-state index contributed by atoms with van der Waals surface area (Å²) in [6.45, 7) is 11.1. The first kappa shape index (κ1) is 21.5. The van der Waals surface area contributed by atoms with E-state index in [-0.39, 0.29) is 0 Å². The van der Waals surface area contributed by atoms with E-state index in [1.54, 1.807) is 5.57 Å². The summed E-state index contributed by atoms with van der Waals surface area (Å²) >= 11 is 0. The molecule has 0 bridgehead atoms. The molecule has 0 rings (SSSR count). The summed E-state index contributed by atoms with van der Waals surface area (Å²) in [5.74, 6) is 0. The van der Waals surface area contributed by atoms with Crippen molar-refractivity contribution < 1.29 is 0 Å². The first-order chi connectivity index (χ1) is 10.7. The predicted molar refractivity (Wildman–Crippen MR) is 104 cm³/mol. The van der Waals surface area contributed by atoms with Crippen molar-refractivity contribution in [2.24, 2.45) is 0 Å². The molecule has 22 heavy (non-hydrogen) atoms. The van der Waals surface area contributed by atoms with E-state index in [4.69, 9.17) is 0 Å². The van der Waals surface area contributed by atoms with Gasteiger partial charge in [0.1, 0.15) is 0 Å². The zero-order valence-electron chi connectivity index (χ0n) is 15.9. The lowest BCUT2D eigenvalue weighted by Crippen LogP contribution is -1.89. The second-order valence-electron chi connectivity index (χ2n) is 6.88. The van der Waals surface area contributed by atoms with Crippen LogP contribution in [0.5, 0.6) is 0 Å². The van der Waals surface area contributed by atoms with Crippen LogP contribution in [0.15, 0.2) is 23.8 Å². The highest BCUT2D eigenvalue weighted by atomic mass is 14.1.